The summed E-state index contributed by atoms with van der Waals surface area (Å²) in [6, 6.07) is 12.5. The van der Waals surface area contributed by atoms with Crippen LogP contribution in [-0.4, -0.2) is 19.6 Å². The summed E-state index contributed by atoms with van der Waals surface area (Å²) >= 11 is 2.20. The van der Waals surface area contributed by atoms with Gasteiger partial charge in [-0.05, 0) is 59.0 Å². The third-order valence-electron chi connectivity index (χ3n) is 2.72. The first kappa shape index (κ1) is 15.4. The van der Waals surface area contributed by atoms with Crippen LogP contribution in [0, 0.1) is 3.57 Å². The Morgan fingerprint density at radius 3 is 2.48 bits per heavy atom. The Balaban J connectivity index is 1.91. The summed E-state index contributed by atoms with van der Waals surface area (Å²) in [6.45, 7) is -0.0773. The van der Waals surface area contributed by atoms with Crippen molar-refractivity contribution in [1.29, 1.82) is 0 Å². The zero-order valence-electron chi connectivity index (χ0n) is 11.4. The molecule has 0 aliphatic heterocycles. The highest BCUT2D eigenvalue weighted by Gasteiger charge is 2.07. The van der Waals surface area contributed by atoms with E-state index in [0.29, 0.717) is 22.9 Å². The van der Waals surface area contributed by atoms with E-state index in [1.54, 1.807) is 25.3 Å². The number of nitrogens with one attached hydrogen (secondary N) is 1. The number of halogens is 1. The van der Waals surface area contributed by atoms with Gasteiger partial charge in [0.15, 0.2) is 6.61 Å². The van der Waals surface area contributed by atoms with Crippen LogP contribution in [0.1, 0.15) is 0 Å². The quantitative estimate of drug-likeness (QED) is 0.600. The summed E-state index contributed by atoms with van der Waals surface area (Å²) < 4.78 is 11.6. The van der Waals surface area contributed by atoms with E-state index in [1.165, 1.54) is 0 Å². The number of carbonyl (C=O) groups is 1. The normalized spacial score (nSPS) is 10.0. The number of carbonyl (C=O) groups excluding carboxylic acids is 1. The molecule has 110 valence electrons. The molecule has 6 heteroatoms. The molecule has 0 aliphatic rings. The van der Waals surface area contributed by atoms with Crippen LogP contribution in [0.4, 0.5) is 11.4 Å². The third kappa shape index (κ3) is 4.52. The largest absolute Gasteiger partial charge is 0.497 e. The van der Waals surface area contributed by atoms with Crippen LogP contribution in [0.25, 0.3) is 0 Å². The molecule has 0 unspecified atom stereocenters. The molecule has 0 bridgehead atoms. The lowest BCUT2D eigenvalue weighted by Crippen LogP contribution is -2.20. The fraction of sp³-hybridized carbons (Fsp3) is 0.133. The summed E-state index contributed by atoms with van der Waals surface area (Å²) in [5.41, 5.74) is 6.81. The molecule has 21 heavy (non-hydrogen) atoms. The fourth-order valence-corrected chi connectivity index (χ4v) is 2.01. The molecule has 3 N–H and O–H groups in total. The topological polar surface area (TPSA) is 73.6 Å². The first-order valence-electron chi connectivity index (χ1n) is 6.20. The Morgan fingerprint density at radius 2 is 1.86 bits per heavy atom. The number of hydrogen-bond donors (Lipinski definition) is 2. The van der Waals surface area contributed by atoms with Gasteiger partial charge in [-0.1, -0.05) is 0 Å². The number of methoxy groups -OCH3 is 1. The molecule has 0 radical (unpaired) electrons. The van der Waals surface area contributed by atoms with Gasteiger partial charge >= 0.3 is 0 Å². The van der Waals surface area contributed by atoms with E-state index < -0.39 is 0 Å². The predicted molar refractivity (Wildman–Crippen MR) is 90.7 cm³/mol. The molecule has 0 fully saturated rings. The Labute approximate surface area is 136 Å². The maximum absolute atomic E-state index is 11.8. The zero-order valence-corrected chi connectivity index (χ0v) is 13.6. The molecule has 0 aromatic heterocycles. The molecule has 2 aromatic rings. The van der Waals surface area contributed by atoms with Gasteiger partial charge in [-0.2, -0.15) is 0 Å². The van der Waals surface area contributed by atoms with E-state index in [9.17, 15) is 4.79 Å². The summed E-state index contributed by atoms with van der Waals surface area (Å²) in [7, 11) is 1.56. The molecule has 5 nitrogen and oxygen atoms in total. The molecule has 2 rings (SSSR count). The number of anilines is 2. The van der Waals surface area contributed by atoms with Gasteiger partial charge in [0.1, 0.15) is 11.5 Å². The molecule has 0 saturated carbocycles. The Morgan fingerprint density at radius 1 is 1.19 bits per heavy atom. The van der Waals surface area contributed by atoms with Crippen LogP contribution in [0.2, 0.25) is 0 Å². The minimum atomic E-state index is -0.273. The number of benzene rings is 2. The maximum atomic E-state index is 11.8. The van der Waals surface area contributed by atoms with Gasteiger partial charge in [0.2, 0.25) is 0 Å². The Hall–Kier alpha value is -1.96. The standard InChI is InChI=1S/C15H15IN2O3/c1-20-12-6-7-14(13(17)8-12)18-15(19)9-21-11-4-2-10(16)3-5-11/h2-8H,9,17H2,1H3,(H,18,19). The van der Waals surface area contributed by atoms with Gasteiger partial charge < -0.3 is 20.5 Å². The van der Waals surface area contributed by atoms with Crippen molar-refractivity contribution in [1.82, 2.24) is 0 Å². The molecular formula is C15H15IN2O3. The average Bonchev–Trinajstić information content (AvgIpc) is 2.48. The number of hydrogen-bond acceptors (Lipinski definition) is 4. The summed E-state index contributed by atoms with van der Waals surface area (Å²) in [6.07, 6.45) is 0. The molecule has 2 aromatic carbocycles. The second-order valence-electron chi connectivity index (χ2n) is 4.24. The Kier molecular flexibility index (Phi) is 5.26. The van der Waals surface area contributed by atoms with Gasteiger partial charge in [0.25, 0.3) is 5.91 Å². The van der Waals surface area contributed by atoms with Gasteiger partial charge in [-0.3, -0.25) is 4.79 Å². The second kappa shape index (κ2) is 7.16. The molecule has 0 saturated heterocycles. The first-order valence-corrected chi connectivity index (χ1v) is 7.28. The minimum Gasteiger partial charge on any atom is -0.497 e. The van der Waals surface area contributed by atoms with Crippen LogP contribution in [0.5, 0.6) is 11.5 Å². The molecular weight excluding hydrogens is 383 g/mol. The van der Waals surface area contributed by atoms with Crippen LogP contribution in [0.3, 0.4) is 0 Å². The Bertz CT molecular complexity index is 629. The smallest absolute Gasteiger partial charge is 0.262 e. The van der Waals surface area contributed by atoms with E-state index in [-0.39, 0.29) is 12.5 Å². The van der Waals surface area contributed by atoms with E-state index >= 15 is 0 Å². The van der Waals surface area contributed by atoms with Crippen molar-refractivity contribution in [3.63, 3.8) is 0 Å². The fourth-order valence-electron chi connectivity index (χ4n) is 1.65. The first-order chi connectivity index (χ1) is 10.1. The lowest BCUT2D eigenvalue weighted by molar-refractivity contribution is -0.118. The number of nitrogens with two attached hydrogens (primary N) is 1. The molecule has 0 atom stereocenters. The number of nitrogen functional groups attached to an aromatic ring is 1. The summed E-state index contributed by atoms with van der Waals surface area (Å²) in [4.78, 5) is 11.8. The number of rotatable bonds is 5. The molecule has 0 aliphatic carbocycles. The van der Waals surface area contributed by atoms with Crippen molar-refractivity contribution >= 4 is 39.9 Å². The number of ether oxygens (including phenoxy) is 2. The monoisotopic (exact) mass is 398 g/mol. The summed E-state index contributed by atoms with van der Waals surface area (Å²) in [5.74, 6) is 1.01. The molecule has 0 heterocycles. The SMILES string of the molecule is COc1ccc(NC(=O)COc2ccc(I)cc2)c(N)c1. The van der Waals surface area contributed by atoms with Crippen molar-refractivity contribution < 1.29 is 14.3 Å². The molecule has 1 amide bonds. The van der Waals surface area contributed by atoms with Crippen molar-refractivity contribution in [3.8, 4) is 11.5 Å². The minimum absolute atomic E-state index is 0.0773. The van der Waals surface area contributed by atoms with Gasteiger partial charge in [0, 0.05) is 9.64 Å². The highest BCUT2D eigenvalue weighted by molar-refractivity contribution is 14.1. The third-order valence-corrected chi connectivity index (χ3v) is 3.44. The highest BCUT2D eigenvalue weighted by Crippen LogP contribution is 2.24. The lowest BCUT2D eigenvalue weighted by Gasteiger charge is -2.10. The van der Waals surface area contributed by atoms with E-state index in [2.05, 4.69) is 27.9 Å². The van der Waals surface area contributed by atoms with Crippen LogP contribution in [0.15, 0.2) is 42.5 Å². The average molecular weight is 398 g/mol. The van der Waals surface area contributed by atoms with Crippen LogP contribution in [-0.2, 0) is 4.79 Å². The molecule has 0 spiro atoms. The number of amides is 1. The summed E-state index contributed by atoms with van der Waals surface area (Å²) in [5, 5.41) is 2.70. The second-order valence-corrected chi connectivity index (χ2v) is 5.49. The van der Waals surface area contributed by atoms with Gasteiger partial charge in [-0.15, -0.1) is 0 Å². The van der Waals surface area contributed by atoms with Gasteiger partial charge in [-0.25, -0.2) is 0 Å². The van der Waals surface area contributed by atoms with Crippen LogP contribution < -0.4 is 20.5 Å². The maximum Gasteiger partial charge on any atom is 0.262 e. The van der Waals surface area contributed by atoms with E-state index in [4.69, 9.17) is 15.2 Å². The van der Waals surface area contributed by atoms with Crippen LogP contribution >= 0.6 is 22.6 Å². The predicted octanol–water partition coefficient (Wildman–Crippen LogP) is 2.90. The van der Waals surface area contributed by atoms with Crippen molar-refractivity contribution in [2.45, 2.75) is 0 Å². The zero-order chi connectivity index (χ0) is 15.2. The lowest BCUT2D eigenvalue weighted by atomic mass is 10.2. The van der Waals surface area contributed by atoms with E-state index in [0.717, 1.165) is 3.57 Å². The van der Waals surface area contributed by atoms with Gasteiger partial charge in [0.05, 0.1) is 18.5 Å². The van der Waals surface area contributed by atoms with Crippen molar-refractivity contribution in [3.05, 3.63) is 46.0 Å². The van der Waals surface area contributed by atoms with Crippen molar-refractivity contribution in [2.24, 2.45) is 0 Å². The van der Waals surface area contributed by atoms with E-state index in [1.807, 2.05) is 24.3 Å². The highest BCUT2D eigenvalue weighted by atomic mass is 127. The van der Waals surface area contributed by atoms with Crippen molar-refractivity contribution in [2.75, 3.05) is 24.8 Å².